The average molecular weight is 625 g/mol. The van der Waals surface area contributed by atoms with Gasteiger partial charge in [-0.25, -0.2) is 14.8 Å². The topological polar surface area (TPSA) is 127 Å². The Bertz CT molecular complexity index is 1760. The zero-order valence-electron chi connectivity index (χ0n) is 27.8. The number of Topliss-reactive ketones (excluding diaryl/α,β-unsaturated/α-hetero) is 1. The molecular weight excluding hydrogens is 580 g/mol. The lowest BCUT2D eigenvalue weighted by Crippen LogP contribution is -2.44. The number of fused-ring (bicyclic) bond motifs is 2. The van der Waals surface area contributed by atoms with Gasteiger partial charge in [0.2, 0.25) is 0 Å². The van der Waals surface area contributed by atoms with Crippen molar-refractivity contribution in [2.75, 3.05) is 25.5 Å². The minimum Gasteiger partial charge on any atom is -0.484 e. The van der Waals surface area contributed by atoms with Crippen LogP contribution in [0.2, 0.25) is 0 Å². The molecule has 11 nitrogen and oxygen atoms in total. The molecule has 4 aromatic rings. The van der Waals surface area contributed by atoms with E-state index in [1.54, 1.807) is 6.07 Å². The van der Waals surface area contributed by atoms with Gasteiger partial charge in [-0.3, -0.25) is 14.5 Å². The van der Waals surface area contributed by atoms with Crippen LogP contribution in [0.4, 0.5) is 10.6 Å². The first-order valence-corrected chi connectivity index (χ1v) is 16.0. The number of amides is 2. The van der Waals surface area contributed by atoms with E-state index < -0.39 is 0 Å². The number of nitrogens with one attached hydrogen (secondary N) is 2. The second-order valence-electron chi connectivity index (χ2n) is 14.8. The Balaban J connectivity index is 1.17. The molecule has 2 N–H and O–H groups in total. The average Bonchev–Trinajstić information content (AvgIpc) is 3.41. The highest BCUT2D eigenvalue weighted by Gasteiger charge is 2.31. The standard InChI is InChI=1S/C35H44N8O3/c1-34(2,3)28-17-29(38-31(37-28)26(44)16-21-18-42(7)19-21)39-33(45)36-25-13-14-27(24-11-9-8-10-23(24)25)46-22-12-15-30-40-41-32(35(4,5)6)43(30)20-22/h8-12,15,17,20-21,25,27H,13-14,16,18-19H2,1-7H3,(H2,36,37,38,39,45)/t25-,27+/m0/s1. The predicted octanol–water partition coefficient (Wildman–Crippen LogP) is 6.03. The van der Waals surface area contributed by atoms with E-state index in [9.17, 15) is 9.59 Å². The lowest BCUT2D eigenvalue weighted by atomic mass is 9.85. The van der Waals surface area contributed by atoms with Crippen LogP contribution in [-0.4, -0.2) is 61.4 Å². The number of anilines is 1. The number of ether oxygens (including phenoxy) is 1. The first kappa shape index (κ1) is 31.6. The number of hydrogen-bond acceptors (Lipinski definition) is 8. The second kappa shape index (κ2) is 12.1. The van der Waals surface area contributed by atoms with Crippen molar-refractivity contribution in [3.05, 3.63) is 77.1 Å². The number of ketones is 1. The number of carbonyl (C=O) groups excluding carboxylic acids is 2. The molecule has 11 heteroatoms. The number of carbonyl (C=O) groups is 2. The molecule has 1 saturated heterocycles. The van der Waals surface area contributed by atoms with E-state index in [1.165, 1.54) is 0 Å². The molecular formula is C35H44N8O3. The van der Waals surface area contributed by atoms with Crippen LogP contribution in [0.25, 0.3) is 5.65 Å². The van der Waals surface area contributed by atoms with Crippen LogP contribution in [0, 0.1) is 5.92 Å². The number of pyridine rings is 1. The third-order valence-electron chi connectivity index (χ3n) is 8.66. The highest BCUT2D eigenvalue weighted by Crippen LogP contribution is 2.39. The number of hydrogen-bond donors (Lipinski definition) is 2. The molecule has 0 unspecified atom stereocenters. The molecule has 1 aromatic carbocycles. The van der Waals surface area contributed by atoms with E-state index >= 15 is 0 Å². The smallest absolute Gasteiger partial charge is 0.320 e. The van der Waals surface area contributed by atoms with E-state index in [1.807, 2.05) is 68.7 Å². The van der Waals surface area contributed by atoms with Crippen molar-refractivity contribution in [2.45, 2.75) is 83.8 Å². The monoisotopic (exact) mass is 624 g/mol. The normalized spacial score (nSPS) is 18.9. The summed E-state index contributed by atoms with van der Waals surface area (Å²) in [5, 5.41) is 14.7. The van der Waals surface area contributed by atoms with Crippen molar-refractivity contribution in [2.24, 2.45) is 5.92 Å². The third-order valence-corrected chi connectivity index (χ3v) is 8.66. The zero-order chi connectivity index (χ0) is 32.8. The maximum atomic E-state index is 13.4. The van der Waals surface area contributed by atoms with Crippen molar-refractivity contribution >= 4 is 23.3 Å². The molecule has 6 rings (SSSR count). The zero-order valence-corrected chi connectivity index (χ0v) is 27.8. The molecule has 2 amide bonds. The lowest BCUT2D eigenvalue weighted by Gasteiger charge is -2.35. The van der Waals surface area contributed by atoms with Crippen molar-refractivity contribution in [3.8, 4) is 5.75 Å². The molecule has 1 aliphatic heterocycles. The lowest BCUT2D eigenvalue weighted by molar-refractivity contribution is 0.0825. The second-order valence-corrected chi connectivity index (χ2v) is 14.8. The quantitative estimate of drug-likeness (QED) is 0.239. The Labute approximate surface area is 270 Å². The largest absolute Gasteiger partial charge is 0.484 e. The molecule has 0 bridgehead atoms. The van der Waals surface area contributed by atoms with Gasteiger partial charge in [0.25, 0.3) is 0 Å². The van der Waals surface area contributed by atoms with Crippen LogP contribution in [0.3, 0.4) is 0 Å². The maximum absolute atomic E-state index is 13.4. The van der Waals surface area contributed by atoms with E-state index in [0.717, 1.165) is 41.4 Å². The summed E-state index contributed by atoms with van der Waals surface area (Å²) in [5.41, 5.74) is 3.03. The fourth-order valence-corrected chi connectivity index (χ4v) is 6.28. The fourth-order valence-electron chi connectivity index (χ4n) is 6.28. The van der Waals surface area contributed by atoms with Gasteiger partial charge in [0, 0.05) is 36.4 Å². The predicted molar refractivity (Wildman–Crippen MR) is 176 cm³/mol. The summed E-state index contributed by atoms with van der Waals surface area (Å²) in [6, 6.07) is 13.1. The summed E-state index contributed by atoms with van der Waals surface area (Å²) in [7, 11) is 2.04. The summed E-state index contributed by atoms with van der Waals surface area (Å²) in [5.74, 6) is 2.28. The molecule has 0 saturated carbocycles. The van der Waals surface area contributed by atoms with Crippen molar-refractivity contribution in [1.82, 2.24) is 34.8 Å². The van der Waals surface area contributed by atoms with Crippen molar-refractivity contribution in [3.63, 3.8) is 0 Å². The molecule has 0 spiro atoms. The van der Waals surface area contributed by atoms with E-state index in [0.29, 0.717) is 36.7 Å². The number of benzene rings is 1. The first-order chi connectivity index (χ1) is 21.7. The Morgan fingerprint density at radius 3 is 2.37 bits per heavy atom. The minimum atomic E-state index is -0.385. The highest BCUT2D eigenvalue weighted by atomic mass is 16.5. The van der Waals surface area contributed by atoms with Gasteiger partial charge in [0.1, 0.15) is 23.5 Å². The number of rotatable bonds is 7. The fraction of sp³-hybridized carbons (Fsp3) is 0.486. The Hall–Kier alpha value is -4.38. The summed E-state index contributed by atoms with van der Waals surface area (Å²) >= 11 is 0. The van der Waals surface area contributed by atoms with Crippen LogP contribution in [0.5, 0.6) is 5.75 Å². The summed E-state index contributed by atoms with van der Waals surface area (Å²) in [6.07, 6.45) is 3.58. The van der Waals surface area contributed by atoms with E-state index in [-0.39, 0.29) is 40.6 Å². The van der Waals surface area contributed by atoms with Gasteiger partial charge < -0.3 is 15.0 Å². The van der Waals surface area contributed by atoms with Gasteiger partial charge in [0.15, 0.2) is 17.3 Å². The molecule has 4 heterocycles. The highest BCUT2D eigenvalue weighted by molar-refractivity contribution is 5.94. The first-order valence-electron chi connectivity index (χ1n) is 16.0. The number of urea groups is 1. The van der Waals surface area contributed by atoms with Crippen LogP contribution in [0.15, 0.2) is 48.7 Å². The van der Waals surface area contributed by atoms with Gasteiger partial charge in [-0.05, 0) is 49.1 Å². The molecule has 242 valence electrons. The molecule has 2 atom stereocenters. The minimum absolute atomic E-state index is 0.0991. The molecule has 2 aliphatic rings. The van der Waals surface area contributed by atoms with Gasteiger partial charge in [-0.1, -0.05) is 65.8 Å². The SMILES string of the molecule is CN1CC(CC(=O)c2nc(NC(=O)N[C@H]3CC[C@@H](Oc4ccc5nnc(C(C)(C)C)n5c4)c4ccccc43)cc(C(C)(C)C)n2)C1. The summed E-state index contributed by atoms with van der Waals surface area (Å²) in [4.78, 5) is 37.7. The number of likely N-dealkylation sites (tertiary alicyclic amines) is 1. The van der Waals surface area contributed by atoms with Crippen molar-refractivity contribution in [1.29, 1.82) is 0 Å². The third kappa shape index (κ3) is 6.74. The molecule has 0 radical (unpaired) electrons. The van der Waals surface area contributed by atoms with E-state index in [4.69, 9.17) is 4.74 Å². The maximum Gasteiger partial charge on any atom is 0.320 e. The van der Waals surface area contributed by atoms with Crippen LogP contribution in [0.1, 0.15) is 106 Å². The van der Waals surface area contributed by atoms with Crippen molar-refractivity contribution < 1.29 is 14.3 Å². The van der Waals surface area contributed by atoms with Crippen LogP contribution >= 0.6 is 0 Å². The van der Waals surface area contributed by atoms with Gasteiger partial charge >= 0.3 is 6.03 Å². The van der Waals surface area contributed by atoms with Gasteiger partial charge in [0.05, 0.1) is 17.9 Å². The number of aromatic nitrogens is 5. The summed E-state index contributed by atoms with van der Waals surface area (Å²) in [6.45, 7) is 14.2. The molecule has 3 aromatic heterocycles. The molecule has 1 fully saturated rings. The van der Waals surface area contributed by atoms with Crippen LogP contribution in [-0.2, 0) is 10.8 Å². The molecule has 46 heavy (non-hydrogen) atoms. The van der Waals surface area contributed by atoms with Crippen LogP contribution < -0.4 is 15.4 Å². The van der Waals surface area contributed by atoms with Gasteiger partial charge in [-0.15, -0.1) is 10.2 Å². The van der Waals surface area contributed by atoms with E-state index in [2.05, 4.69) is 62.5 Å². The summed E-state index contributed by atoms with van der Waals surface area (Å²) < 4.78 is 8.53. The Kier molecular flexibility index (Phi) is 8.30. The Morgan fingerprint density at radius 2 is 1.67 bits per heavy atom. The molecule has 1 aliphatic carbocycles. The number of nitrogens with zero attached hydrogens (tertiary/aromatic N) is 6. The Morgan fingerprint density at radius 1 is 0.935 bits per heavy atom. The van der Waals surface area contributed by atoms with Gasteiger partial charge in [-0.2, -0.15) is 0 Å².